The molecule has 4 rings (SSSR count). The van der Waals surface area contributed by atoms with Crippen molar-refractivity contribution in [3.05, 3.63) is 30.3 Å². The quantitative estimate of drug-likeness (QED) is 0.761. The molecule has 3 aliphatic heterocycles. The standard InChI is InChI=1S/C15H20NO2/c1-16-9-7-12(8-10-16)15(17)14(16)11-18-13-5-3-2-4-6-13/h2-6,12,14H,7-11H2,1H3/q+1/t12?,14-,16?/m0/s1. The van der Waals surface area contributed by atoms with Gasteiger partial charge in [-0.3, -0.25) is 4.79 Å². The molecular weight excluding hydrogens is 226 g/mol. The summed E-state index contributed by atoms with van der Waals surface area (Å²) in [6.45, 7) is 2.77. The average Bonchev–Trinajstić information content (AvgIpc) is 2.39. The second kappa shape index (κ2) is 4.39. The molecule has 0 saturated carbocycles. The third-order valence-corrected chi connectivity index (χ3v) is 4.61. The molecule has 0 radical (unpaired) electrons. The summed E-state index contributed by atoms with van der Waals surface area (Å²) >= 11 is 0. The van der Waals surface area contributed by atoms with Gasteiger partial charge in [-0.2, -0.15) is 0 Å². The molecule has 18 heavy (non-hydrogen) atoms. The monoisotopic (exact) mass is 246 g/mol. The maximum Gasteiger partial charge on any atom is 0.197 e. The number of Topliss-reactive ketones (excluding diaryl/α,β-unsaturated/α-hetero) is 1. The van der Waals surface area contributed by atoms with Crippen molar-refractivity contribution in [2.75, 3.05) is 26.7 Å². The normalized spacial score (nSPS) is 34.6. The van der Waals surface area contributed by atoms with Gasteiger partial charge in [-0.05, 0) is 12.1 Å². The summed E-state index contributed by atoms with van der Waals surface area (Å²) < 4.78 is 6.67. The summed E-state index contributed by atoms with van der Waals surface area (Å²) in [5, 5.41) is 0. The molecule has 1 aromatic carbocycles. The minimum atomic E-state index is 0.0395. The number of ketones is 1. The van der Waals surface area contributed by atoms with Crippen LogP contribution in [0.2, 0.25) is 0 Å². The summed E-state index contributed by atoms with van der Waals surface area (Å²) in [6.07, 6.45) is 2.13. The van der Waals surface area contributed by atoms with E-state index in [-0.39, 0.29) is 6.04 Å². The van der Waals surface area contributed by atoms with Crippen molar-refractivity contribution in [2.45, 2.75) is 18.9 Å². The van der Waals surface area contributed by atoms with Crippen molar-refractivity contribution in [1.29, 1.82) is 0 Å². The zero-order valence-corrected chi connectivity index (χ0v) is 10.8. The first-order chi connectivity index (χ1) is 8.69. The highest BCUT2D eigenvalue weighted by molar-refractivity contribution is 5.86. The van der Waals surface area contributed by atoms with Crippen LogP contribution < -0.4 is 4.74 Å². The number of para-hydroxylation sites is 1. The van der Waals surface area contributed by atoms with Crippen LogP contribution in [0.15, 0.2) is 30.3 Å². The molecule has 0 aliphatic carbocycles. The Morgan fingerprint density at radius 2 is 1.89 bits per heavy atom. The lowest BCUT2D eigenvalue weighted by molar-refractivity contribution is -0.935. The number of piperidine rings is 3. The number of ether oxygens (including phenoxy) is 1. The van der Waals surface area contributed by atoms with E-state index in [1.165, 1.54) is 0 Å². The third kappa shape index (κ3) is 1.93. The minimum Gasteiger partial charge on any atom is -0.487 e. The first-order valence-corrected chi connectivity index (χ1v) is 6.75. The Morgan fingerprint density at radius 3 is 2.50 bits per heavy atom. The number of likely N-dealkylation sites (N-methyl/N-ethyl adjacent to an activating group) is 1. The molecular formula is C15H20NO2+. The van der Waals surface area contributed by atoms with Crippen LogP contribution in [0, 0.1) is 5.92 Å². The van der Waals surface area contributed by atoms with Crippen molar-refractivity contribution < 1.29 is 14.0 Å². The first kappa shape index (κ1) is 11.7. The maximum absolute atomic E-state index is 12.3. The van der Waals surface area contributed by atoms with Gasteiger partial charge < -0.3 is 9.22 Å². The molecule has 3 aliphatic rings. The number of quaternary nitrogens is 1. The summed E-state index contributed by atoms with van der Waals surface area (Å²) in [4.78, 5) is 12.3. The number of rotatable bonds is 3. The topological polar surface area (TPSA) is 26.3 Å². The lowest BCUT2D eigenvalue weighted by Gasteiger charge is -2.50. The average molecular weight is 246 g/mol. The predicted octanol–water partition coefficient (Wildman–Crippen LogP) is 1.87. The zero-order chi connectivity index (χ0) is 12.6. The molecule has 3 heteroatoms. The summed E-state index contributed by atoms with van der Waals surface area (Å²) in [5.74, 6) is 1.58. The Labute approximate surface area is 108 Å². The Bertz CT molecular complexity index is 435. The van der Waals surface area contributed by atoms with Crippen LogP contribution in [0.25, 0.3) is 0 Å². The van der Waals surface area contributed by atoms with Gasteiger partial charge in [0, 0.05) is 18.8 Å². The third-order valence-electron chi connectivity index (χ3n) is 4.61. The van der Waals surface area contributed by atoms with E-state index in [1.807, 2.05) is 30.3 Å². The highest BCUT2D eigenvalue weighted by Gasteiger charge is 2.51. The highest BCUT2D eigenvalue weighted by atomic mass is 16.5. The summed E-state index contributed by atoms with van der Waals surface area (Å²) in [7, 11) is 2.20. The molecule has 0 amide bonds. The molecule has 1 aromatic rings. The van der Waals surface area contributed by atoms with Crippen molar-refractivity contribution in [3.8, 4) is 5.75 Å². The second-order valence-corrected chi connectivity index (χ2v) is 5.74. The van der Waals surface area contributed by atoms with Crippen LogP contribution >= 0.6 is 0 Å². The van der Waals surface area contributed by atoms with Crippen LogP contribution in [0.1, 0.15) is 12.8 Å². The lowest BCUT2D eigenvalue weighted by Crippen LogP contribution is -2.68. The molecule has 0 unspecified atom stereocenters. The molecule has 1 atom stereocenters. The second-order valence-electron chi connectivity index (χ2n) is 5.74. The number of fused-ring (bicyclic) bond motifs is 3. The predicted molar refractivity (Wildman–Crippen MR) is 69.4 cm³/mol. The van der Waals surface area contributed by atoms with Gasteiger partial charge in [0.2, 0.25) is 0 Å². The van der Waals surface area contributed by atoms with E-state index >= 15 is 0 Å². The Balaban J connectivity index is 1.70. The van der Waals surface area contributed by atoms with Crippen molar-refractivity contribution in [2.24, 2.45) is 5.92 Å². The van der Waals surface area contributed by atoms with Gasteiger partial charge >= 0.3 is 0 Å². The largest absolute Gasteiger partial charge is 0.487 e. The molecule has 3 saturated heterocycles. The SMILES string of the molecule is C[N+]12CCC(CC1)C(=O)[C@@H]2COc1ccccc1. The Morgan fingerprint density at radius 1 is 1.22 bits per heavy atom. The number of benzene rings is 1. The van der Waals surface area contributed by atoms with Gasteiger partial charge in [-0.25, -0.2) is 0 Å². The van der Waals surface area contributed by atoms with Crippen LogP contribution in [-0.2, 0) is 4.79 Å². The van der Waals surface area contributed by atoms with Crippen molar-refractivity contribution in [1.82, 2.24) is 0 Å². The number of carbonyl (C=O) groups is 1. The molecule has 3 nitrogen and oxygen atoms in total. The fourth-order valence-electron chi connectivity index (χ4n) is 3.29. The maximum atomic E-state index is 12.3. The first-order valence-electron chi connectivity index (χ1n) is 6.75. The van der Waals surface area contributed by atoms with E-state index in [1.54, 1.807) is 0 Å². The number of hydrogen-bond donors (Lipinski definition) is 0. The number of carbonyl (C=O) groups excluding carboxylic acids is 1. The minimum absolute atomic E-state index is 0.0395. The smallest absolute Gasteiger partial charge is 0.197 e. The van der Waals surface area contributed by atoms with E-state index in [9.17, 15) is 4.79 Å². The van der Waals surface area contributed by atoms with Gasteiger partial charge in [0.1, 0.15) is 12.4 Å². The fraction of sp³-hybridized carbons (Fsp3) is 0.533. The summed E-state index contributed by atoms with van der Waals surface area (Å²) in [6, 6.07) is 9.82. The Kier molecular flexibility index (Phi) is 2.86. The van der Waals surface area contributed by atoms with E-state index in [0.717, 1.165) is 36.2 Å². The Hall–Kier alpha value is -1.35. The molecule has 0 spiro atoms. The lowest BCUT2D eigenvalue weighted by atomic mass is 9.80. The van der Waals surface area contributed by atoms with E-state index < -0.39 is 0 Å². The fourth-order valence-corrected chi connectivity index (χ4v) is 3.29. The number of hydrogen-bond acceptors (Lipinski definition) is 2. The molecule has 3 fully saturated rings. The van der Waals surface area contributed by atoms with Gasteiger partial charge in [0.25, 0.3) is 0 Å². The van der Waals surface area contributed by atoms with E-state index in [4.69, 9.17) is 4.74 Å². The summed E-state index contributed by atoms with van der Waals surface area (Å²) in [5.41, 5.74) is 0. The molecule has 2 bridgehead atoms. The van der Waals surface area contributed by atoms with Crippen LogP contribution in [-0.4, -0.2) is 43.1 Å². The van der Waals surface area contributed by atoms with Crippen LogP contribution in [0.5, 0.6) is 5.75 Å². The molecule has 3 heterocycles. The molecule has 0 N–H and O–H groups in total. The van der Waals surface area contributed by atoms with E-state index in [0.29, 0.717) is 18.3 Å². The number of nitrogens with zero attached hydrogens (tertiary/aromatic N) is 1. The van der Waals surface area contributed by atoms with Gasteiger partial charge in [-0.1, -0.05) is 18.2 Å². The van der Waals surface area contributed by atoms with Crippen LogP contribution in [0.4, 0.5) is 0 Å². The highest BCUT2D eigenvalue weighted by Crippen LogP contribution is 2.34. The van der Waals surface area contributed by atoms with Crippen LogP contribution in [0.3, 0.4) is 0 Å². The molecule has 96 valence electrons. The van der Waals surface area contributed by atoms with Crippen molar-refractivity contribution >= 4 is 5.78 Å². The van der Waals surface area contributed by atoms with Gasteiger partial charge in [0.05, 0.1) is 20.1 Å². The zero-order valence-electron chi connectivity index (χ0n) is 10.8. The van der Waals surface area contributed by atoms with Gasteiger partial charge in [0.15, 0.2) is 11.8 Å². The van der Waals surface area contributed by atoms with E-state index in [2.05, 4.69) is 7.05 Å². The van der Waals surface area contributed by atoms with Crippen molar-refractivity contribution in [3.63, 3.8) is 0 Å². The molecule has 0 aromatic heterocycles. The van der Waals surface area contributed by atoms with Gasteiger partial charge in [-0.15, -0.1) is 0 Å².